The predicted octanol–water partition coefficient (Wildman–Crippen LogP) is -0.340. The zero-order valence-electron chi connectivity index (χ0n) is 8.00. The molecule has 0 aromatic carbocycles. The number of nitrogens with zero attached hydrogens (tertiary/aromatic N) is 3. The lowest BCUT2D eigenvalue weighted by molar-refractivity contribution is 0.653. The van der Waals surface area contributed by atoms with Crippen LogP contribution in [0.4, 0.5) is 0 Å². The summed E-state index contributed by atoms with van der Waals surface area (Å²) in [6, 6.07) is 0.0636. The second-order valence-corrected chi connectivity index (χ2v) is 2.56. The molecule has 6 nitrogen and oxygen atoms in total. The lowest BCUT2D eigenvalue weighted by atomic mass is 10.3. The molecule has 0 aliphatic heterocycles. The molecule has 1 unspecified atom stereocenters. The van der Waals surface area contributed by atoms with Crippen LogP contribution in [0.3, 0.4) is 0 Å². The first-order valence-corrected chi connectivity index (χ1v) is 4.04. The van der Waals surface area contributed by atoms with Crippen molar-refractivity contribution in [1.29, 1.82) is 0 Å². The molecule has 3 N–H and O–H groups in total. The second kappa shape index (κ2) is 4.44. The first-order valence-electron chi connectivity index (χ1n) is 4.04. The number of nitrogens with one attached hydrogen (secondary N) is 3. The number of aromatic amines is 1. The molecule has 1 aromatic rings. The molecule has 1 atom stereocenters. The van der Waals surface area contributed by atoms with Crippen LogP contribution in [0.5, 0.6) is 0 Å². The SMILES string of the molecule is CN=C(NC)NC(C)c1ncn[nH]1. The second-order valence-electron chi connectivity index (χ2n) is 2.56. The molecule has 6 heteroatoms. The topological polar surface area (TPSA) is 78.0 Å². The van der Waals surface area contributed by atoms with Gasteiger partial charge in [0.1, 0.15) is 12.2 Å². The standard InChI is InChI=1S/C7H14N6/c1-5(6-10-4-11-13-6)12-7(8-2)9-3/h4-5H,1-3H3,(H2,8,9,12)(H,10,11,13). The summed E-state index contributed by atoms with van der Waals surface area (Å²) in [4.78, 5) is 8.01. The third-order valence-corrected chi connectivity index (χ3v) is 1.66. The zero-order valence-corrected chi connectivity index (χ0v) is 8.00. The third-order valence-electron chi connectivity index (χ3n) is 1.66. The van der Waals surface area contributed by atoms with Crippen LogP contribution >= 0.6 is 0 Å². The van der Waals surface area contributed by atoms with Crippen molar-refractivity contribution in [3.05, 3.63) is 12.2 Å². The molecule has 0 bridgehead atoms. The van der Waals surface area contributed by atoms with E-state index < -0.39 is 0 Å². The van der Waals surface area contributed by atoms with Gasteiger partial charge in [0.15, 0.2) is 5.96 Å². The number of rotatable bonds is 2. The number of aromatic nitrogens is 3. The highest BCUT2D eigenvalue weighted by atomic mass is 15.2. The molecular weight excluding hydrogens is 168 g/mol. The summed E-state index contributed by atoms with van der Waals surface area (Å²) in [6.45, 7) is 1.98. The highest BCUT2D eigenvalue weighted by Crippen LogP contribution is 2.02. The van der Waals surface area contributed by atoms with Crippen molar-refractivity contribution in [2.75, 3.05) is 14.1 Å². The van der Waals surface area contributed by atoms with Crippen molar-refractivity contribution in [1.82, 2.24) is 25.8 Å². The third kappa shape index (κ3) is 2.43. The van der Waals surface area contributed by atoms with Crippen LogP contribution in [-0.2, 0) is 0 Å². The lowest BCUT2D eigenvalue weighted by Gasteiger charge is -2.13. The van der Waals surface area contributed by atoms with Crippen molar-refractivity contribution in [2.24, 2.45) is 4.99 Å². The van der Waals surface area contributed by atoms with Crippen LogP contribution in [0.25, 0.3) is 0 Å². The summed E-state index contributed by atoms with van der Waals surface area (Å²) in [7, 11) is 3.52. The minimum atomic E-state index is 0.0636. The molecule has 72 valence electrons. The molecule has 0 aliphatic carbocycles. The Bertz CT molecular complexity index is 265. The highest BCUT2D eigenvalue weighted by Gasteiger charge is 2.08. The van der Waals surface area contributed by atoms with Gasteiger partial charge in [0.25, 0.3) is 0 Å². The predicted molar refractivity (Wildman–Crippen MR) is 50.4 cm³/mol. The van der Waals surface area contributed by atoms with Crippen LogP contribution in [0, 0.1) is 0 Å². The van der Waals surface area contributed by atoms with Gasteiger partial charge in [-0.1, -0.05) is 0 Å². The van der Waals surface area contributed by atoms with Crippen molar-refractivity contribution < 1.29 is 0 Å². The van der Waals surface area contributed by atoms with E-state index in [1.54, 1.807) is 7.05 Å². The quantitative estimate of drug-likeness (QED) is 0.432. The number of H-pyrrole nitrogens is 1. The molecule has 0 amide bonds. The Morgan fingerprint density at radius 1 is 1.69 bits per heavy atom. The van der Waals surface area contributed by atoms with Crippen molar-refractivity contribution in [3.63, 3.8) is 0 Å². The largest absolute Gasteiger partial charge is 0.359 e. The van der Waals surface area contributed by atoms with Crippen molar-refractivity contribution in [2.45, 2.75) is 13.0 Å². The van der Waals surface area contributed by atoms with Gasteiger partial charge < -0.3 is 10.6 Å². The normalized spacial score (nSPS) is 13.9. The van der Waals surface area contributed by atoms with E-state index in [2.05, 4.69) is 30.8 Å². The average Bonchev–Trinajstić information content (AvgIpc) is 2.66. The summed E-state index contributed by atoms with van der Waals surface area (Å²) in [5, 5.41) is 12.6. The first-order chi connectivity index (χ1) is 6.27. The van der Waals surface area contributed by atoms with Crippen LogP contribution in [0.15, 0.2) is 11.3 Å². The van der Waals surface area contributed by atoms with E-state index in [0.717, 1.165) is 11.8 Å². The number of aliphatic imine (C=N–C) groups is 1. The molecule has 1 aromatic heterocycles. The highest BCUT2D eigenvalue weighted by molar-refractivity contribution is 5.79. The number of guanidine groups is 1. The fourth-order valence-electron chi connectivity index (χ4n) is 0.946. The maximum absolute atomic E-state index is 4.03. The Labute approximate surface area is 76.9 Å². The molecule has 13 heavy (non-hydrogen) atoms. The fourth-order valence-corrected chi connectivity index (χ4v) is 0.946. The van der Waals surface area contributed by atoms with Gasteiger partial charge in [-0.3, -0.25) is 10.1 Å². The van der Waals surface area contributed by atoms with Crippen LogP contribution < -0.4 is 10.6 Å². The molecule has 0 radical (unpaired) electrons. The van der Waals surface area contributed by atoms with Gasteiger partial charge in [-0.25, -0.2) is 4.98 Å². The molecule has 0 aliphatic rings. The lowest BCUT2D eigenvalue weighted by Crippen LogP contribution is -2.36. The summed E-state index contributed by atoms with van der Waals surface area (Å²) in [5.74, 6) is 1.51. The van der Waals surface area contributed by atoms with Gasteiger partial charge in [-0.2, -0.15) is 5.10 Å². The Kier molecular flexibility index (Phi) is 3.24. The van der Waals surface area contributed by atoms with Crippen LogP contribution in [0.2, 0.25) is 0 Å². The molecule has 1 heterocycles. The van der Waals surface area contributed by atoms with E-state index in [1.165, 1.54) is 6.33 Å². The van der Waals surface area contributed by atoms with E-state index in [1.807, 2.05) is 14.0 Å². The molecule has 0 spiro atoms. The van der Waals surface area contributed by atoms with Crippen molar-refractivity contribution >= 4 is 5.96 Å². The van der Waals surface area contributed by atoms with E-state index in [4.69, 9.17) is 0 Å². The summed E-state index contributed by atoms with van der Waals surface area (Å²) < 4.78 is 0. The van der Waals surface area contributed by atoms with Gasteiger partial charge in [0, 0.05) is 14.1 Å². The van der Waals surface area contributed by atoms with Gasteiger partial charge in [-0.05, 0) is 6.92 Å². The summed E-state index contributed by atoms with van der Waals surface area (Å²) in [6.07, 6.45) is 1.48. The molecule has 0 saturated carbocycles. The smallest absolute Gasteiger partial charge is 0.191 e. The zero-order chi connectivity index (χ0) is 9.68. The Balaban J connectivity index is 2.55. The summed E-state index contributed by atoms with van der Waals surface area (Å²) >= 11 is 0. The van der Waals surface area contributed by atoms with E-state index in [-0.39, 0.29) is 6.04 Å². The molecule has 0 saturated heterocycles. The van der Waals surface area contributed by atoms with Crippen molar-refractivity contribution in [3.8, 4) is 0 Å². The number of hydrogen-bond acceptors (Lipinski definition) is 3. The Morgan fingerprint density at radius 2 is 2.46 bits per heavy atom. The van der Waals surface area contributed by atoms with Gasteiger partial charge in [-0.15, -0.1) is 0 Å². The van der Waals surface area contributed by atoms with Crippen LogP contribution in [-0.4, -0.2) is 35.2 Å². The number of hydrogen-bond donors (Lipinski definition) is 3. The van der Waals surface area contributed by atoms with Gasteiger partial charge in [0.05, 0.1) is 6.04 Å². The van der Waals surface area contributed by atoms with Crippen LogP contribution in [0.1, 0.15) is 18.8 Å². The average molecular weight is 182 g/mol. The molecular formula is C7H14N6. The van der Waals surface area contributed by atoms with Gasteiger partial charge in [0.2, 0.25) is 0 Å². The van der Waals surface area contributed by atoms with E-state index >= 15 is 0 Å². The fraction of sp³-hybridized carbons (Fsp3) is 0.571. The molecule has 0 fully saturated rings. The maximum atomic E-state index is 4.03. The Hall–Kier alpha value is -1.59. The minimum absolute atomic E-state index is 0.0636. The van der Waals surface area contributed by atoms with Gasteiger partial charge >= 0.3 is 0 Å². The monoisotopic (exact) mass is 182 g/mol. The Morgan fingerprint density at radius 3 is 2.92 bits per heavy atom. The summed E-state index contributed by atoms with van der Waals surface area (Å²) in [5.41, 5.74) is 0. The molecule has 1 rings (SSSR count). The first kappa shape index (κ1) is 9.50. The van der Waals surface area contributed by atoms with E-state index in [9.17, 15) is 0 Å². The van der Waals surface area contributed by atoms with E-state index in [0.29, 0.717) is 0 Å². The minimum Gasteiger partial charge on any atom is -0.359 e. The maximum Gasteiger partial charge on any atom is 0.191 e.